The molecule has 3 aliphatic rings. The van der Waals surface area contributed by atoms with Crippen LogP contribution >= 0.6 is 0 Å². The van der Waals surface area contributed by atoms with Crippen molar-refractivity contribution in [3.8, 4) is 11.5 Å². The lowest BCUT2D eigenvalue weighted by Crippen LogP contribution is -2.39. The number of aryl methyl sites for hydroxylation is 1. The molecule has 33 heavy (non-hydrogen) atoms. The first kappa shape index (κ1) is 21.6. The molecule has 5 rings (SSSR count). The SMILES string of the molecule is CCOc1cc(C2C3=C(OC4CCCCC4C3=O)C(=O)N2Cc2ccc(C)cc2)ccc1O. The van der Waals surface area contributed by atoms with E-state index in [1.807, 2.05) is 38.1 Å². The Balaban J connectivity index is 1.59. The number of ketones is 1. The van der Waals surface area contributed by atoms with Crippen molar-refractivity contribution in [3.05, 3.63) is 70.5 Å². The first-order chi connectivity index (χ1) is 16.0. The van der Waals surface area contributed by atoms with E-state index >= 15 is 0 Å². The summed E-state index contributed by atoms with van der Waals surface area (Å²) in [6.07, 6.45) is 3.39. The van der Waals surface area contributed by atoms with Gasteiger partial charge in [0, 0.05) is 6.54 Å². The van der Waals surface area contributed by atoms with Crippen molar-refractivity contribution >= 4 is 11.7 Å². The van der Waals surface area contributed by atoms with Crippen LogP contribution in [0.1, 0.15) is 55.3 Å². The van der Waals surface area contributed by atoms with Gasteiger partial charge in [-0.3, -0.25) is 9.59 Å². The largest absolute Gasteiger partial charge is 0.504 e. The average molecular weight is 448 g/mol. The number of carbonyl (C=O) groups is 2. The number of hydrogen-bond donors (Lipinski definition) is 1. The van der Waals surface area contributed by atoms with Gasteiger partial charge in [0.25, 0.3) is 5.91 Å². The Hall–Kier alpha value is -3.28. The third-order valence-electron chi connectivity index (χ3n) is 6.93. The highest BCUT2D eigenvalue weighted by molar-refractivity contribution is 6.11. The molecule has 3 unspecified atom stereocenters. The Labute approximate surface area is 193 Å². The molecule has 2 heterocycles. The lowest BCUT2D eigenvalue weighted by atomic mass is 9.77. The lowest BCUT2D eigenvalue weighted by molar-refractivity contribution is -0.135. The van der Waals surface area contributed by atoms with Crippen LogP contribution < -0.4 is 4.74 Å². The fraction of sp³-hybridized carbons (Fsp3) is 0.407. The molecule has 3 atom stereocenters. The van der Waals surface area contributed by atoms with Gasteiger partial charge in [-0.05, 0) is 56.4 Å². The van der Waals surface area contributed by atoms with Crippen LogP contribution in [0, 0.1) is 12.8 Å². The number of phenols is 1. The van der Waals surface area contributed by atoms with Gasteiger partial charge in [0.05, 0.1) is 24.1 Å². The summed E-state index contributed by atoms with van der Waals surface area (Å²) in [4.78, 5) is 29.0. The minimum atomic E-state index is -0.580. The van der Waals surface area contributed by atoms with Crippen LogP contribution in [0.15, 0.2) is 53.8 Å². The molecule has 0 spiro atoms. The fourth-order valence-corrected chi connectivity index (χ4v) is 5.26. The molecule has 6 heteroatoms. The maximum absolute atomic E-state index is 13.7. The molecule has 1 amide bonds. The van der Waals surface area contributed by atoms with Gasteiger partial charge in [0.15, 0.2) is 23.0 Å². The van der Waals surface area contributed by atoms with Gasteiger partial charge in [-0.25, -0.2) is 0 Å². The Morgan fingerprint density at radius 2 is 1.85 bits per heavy atom. The topological polar surface area (TPSA) is 76.1 Å². The summed E-state index contributed by atoms with van der Waals surface area (Å²) < 4.78 is 11.8. The molecule has 0 bridgehead atoms. The Kier molecular flexibility index (Phi) is 5.60. The van der Waals surface area contributed by atoms with Gasteiger partial charge in [0.2, 0.25) is 0 Å². The standard InChI is InChI=1S/C27H29NO5/c1-3-32-22-14-18(12-13-20(22)29)24-23-25(30)19-6-4-5-7-21(19)33-26(23)27(31)28(24)15-17-10-8-16(2)9-11-17/h8-14,19,21,24,29H,3-7,15H2,1-2H3. The van der Waals surface area contributed by atoms with Crippen molar-refractivity contribution in [1.82, 2.24) is 4.90 Å². The molecule has 1 fully saturated rings. The Morgan fingerprint density at radius 3 is 2.61 bits per heavy atom. The summed E-state index contributed by atoms with van der Waals surface area (Å²) in [5.41, 5.74) is 3.30. The van der Waals surface area contributed by atoms with Crippen molar-refractivity contribution in [2.45, 2.75) is 58.2 Å². The molecule has 0 saturated heterocycles. The number of rotatable bonds is 5. The highest BCUT2D eigenvalue weighted by Crippen LogP contribution is 2.48. The first-order valence-corrected chi connectivity index (χ1v) is 11.7. The van der Waals surface area contributed by atoms with Gasteiger partial charge in [0.1, 0.15) is 6.10 Å². The molecular formula is C27H29NO5. The van der Waals surface area contributed by atoms with E-state index in [4.69, 9.17) is 9.47 Å². The van der Waals surface area contributed by atoms with Crippen LogP contribution in [0.3, 0.4) is 0 Å². The van der Waals surface area contributed by atoms with E-state index in [1.54, 1.807) is 23.1 Å². The zero-order chi connectivity index (χ0) is 23.1. The van der Waals surface area contributed by atoms with Crippen molar-refractivity contribution in [2.24, 2.45) is 5.92 Å². The third kappa shape index (κ3) is 3.77. The van der Waals surface area contributed by atoms with E-state index in [-0.39, 0.29) is 35.2 Å². The molecule has 6 nitrogen and oxygen atoms in total. The van der Waals surface area contributed by atoms with E-state index in [0.29, 0.717) is 24.5 Å². The first-order valence-electron chi connectivity index (χ1n) is 11.7. The summed E-state index contributed by atoms with van der Waals surface area (Å²) in [7, 11) is 0. The number of phenolic OH excluding ortho intramolecular Hbond substituents is 1. The second-order valence-electron chi connectivity index (χ2n) is 9.14. The molecule has 2 aliphatic heterocycles. The van der Waals surface area contributed by atoms with Gasteiger partial charge >= 0.3 is 0 Å². The Morgan fingerprint density at radius 1 is 1.09 bits per heavy atom. The summed E-state index contributed by atoms with van der Waals surface area (Å²) in [6.45, 7) is 4.62. The summed E-state index contributed by atoms with van der Waals surface area (Å²) >= 11 is 0. The van der Waals surface area contributed by atoms with Crippen LogP contribution in [0.5, 0.6) is 11.5 Å². The summed E-state index contributed by atoms with van der Waals surface area (Å²) in [5, 5.41) is 10.2. The van der Waals surface area contributed by atoms with Crippen LogP contribution in [0.2, 0.25) is 0 Å². The number of Topliss-reactive ketones (excluding diaryl/α,β-unsaturated/α-hetero) is 1. The zero-order valence-electron chi connectivity index (χ0n) is 19.0. The van der Waals surface area contributed by atoms with Gasteiger partial charge < -0.3 is 19.5 Å². The number of carbonyl (C=O) groups excluding carboxylic acids is 2. The number of fused-ring (bicyclic) bond motifs is 1. The van der Waals surface area contributed by atoms with Crippen molar-refractivity contribution in [2.75, 3.05) is 6.61 Å². The number of aromatic hydroxyl groups is 1. The zero-order valence-corrected chi connectivity index (χ0v) is 19.0. The maximum Gasteiger partial charge on any atom is 0.290 e. The van der Waals surface area contributed by atoms with Gasteiger partial charge in [-0.2, -0.15) is 0 Å². The minimum absolute atomic E-state index is 0.0248. The summed E-state index contributed by atoms with van der Waals surface area (Å²) in [6, 6.07) is 12.5. The normalized spacial score (nSPS) is 24.4. The molecule has 0 aromatic heterocycles. The van der Waals surface area contributed by atoms with Crippen molar-refractivity contribution in [3.63, 3.8) is 0 Å². The fourth-order valence-electron chi connectivity index (χ4n) is 5.26. The molecule has 2 aromatic carbocycles. The van der Waals surface area contributed by atoms with Crippen LogP contribution in [-0.2, 0) is 20.9 Å². The van der Waals surface area contributed by atoms with E-state index in [2.05, 4.69) is 0 Å². The van der Waals surface area contributed by atoms with Crippen LogP contribution in [-0.4, -0.2) is 34.4 Å². The molecular weight excluding hydrogens is 418 g/mol. The van der Waals surface area contributed by atoms with E-state index in [1.165, 1.54) is 0 Å². The van der Waals surface area contributed by atoms with Crippen LogP contribution in [0.4, 0.5) is 0 Å². The smallest absolute Gasteiger partial charge is 0.290 e. The second-order valence-corrected chi connectivity index (χ2v) is 9.14. The maximum atomic E-state index is 13.7. The molecule has 1 aliphatic carbocycles. The predicted octanol–water partition coefficient (Wildman–Crippen LogP) is 4.60. The molecule has 172 valence electrons. The quantitative estimate of drug-likeness (QED) is 0.725. The minimum Gasteiger partial charge on any atom is -0.504 e. The lowest BCUT2D eigenvalue weighted by Gasteiger charge is -2.35. The number of amides is 1. The predicted molar refractivity (Wildman–Crippen MR) is 123 cm³/mol. The molecule has 2 aromatic rings. The van der Waals surface area contributed by atoms with Crippen molar-refractivity contribution < 1.29 is 24.2 Å². The average Bonchev–Trinajstić information content (AvgIpc) is 3.09. The molecule has 1 saturated carbocycles. The molecule has 1 N–H and O–H groups in total. The van der Waals surface area contributed by atoms with Gasteiger partial charge in [-0.15, -0.1) is 0 Å². The molecule has 0 radical (unpaired) electrons. The monoisotopic (exact) mass is 447 g/mol. The highest BCUT2D eigenvalue weighted by Gasteiger charge is 2.52. The van der Waals surface area contributed by atoms with E-state index < -0.39 is 6.04 Å². The van der Waals surface area contributed by atoms with Gasteiger partial charge in [-0.1, -0.05) is 42.3 Å². The van der Waals surface area contributed by atoms with E-state index in [9.17, 15) is 14.7 Å². The van der Waals surface area contributed by atoms with Crippen molar-refractivity contribution in [1.29, 1.82) is 0 Å². The highest BCUT2D eigenvalue weighted by atomic mass is 16.5. The number of hydrogen-bond acceptors (Lipinski definition) is 5. The van der Waals surface area contributed by atoms with E-state index in [0.717, 1.165) is 42.4 Å². The Bertz CT molecular complexity index is 1120. The second kappa shape index (κ2) is 8.58. The summed E-state index contributed by atoms with van der Waals surface area (Å²) in [5.74, 6) is 0.145. The number of ether oxygens (including phenoxy) is 2. The number of nitrogens with zero attached hydrogens (tertiary/aromatic N) is 1. The number of benzene rings is 2. The van der Waals surface area contributed by atoms with Crippen LogP contribution in [0.25, 0.3) is 0 Å². The third-order valence-corrected chi connectivity index (χ3v) is 6.93.